The lowest BCUT2D eigenvalue weighted by atomic mass is 9.83. The van der Waals surface area contributed by atoms with Crippen LogP contribution >= 0.6 is 7.26 Å². The molecule has 0 saturated heterocycles. The highest BCUT2D eigenvalue weighted by molar-refractivity contribution is 7.95. The molecule has 39 heavy (non-hydrogen) atoms. The van der Waals surface area contributed by atoms with Gasteiger partial charge in [-0.2, -0.15) is 0 Å². The maximum Gasteiger partial charge on any atom is 0.188 e. The molecule has 202 valence electrons. The van der Waals surface area contributed by atoms with Gasteiger partial charge in [-0.05, 0) is 69.0 Å². The molecule has 0 radical (unpaired) electrons. The molecule has 3 aromatic rings. The van der Waals surface area contributed by atoms with E-state index in [1.165, 1.54) is 15.9 Å². The monoisotopic (exact) mass is 541 g/mol. The molecule has 0 bridgehead atoms. The first kappa shape index (κ1) is 28.8. The van der Waals surface area contributed by atoms with E-state index >= 15 is 0 Å². The molecular weight excluding hydrogens is 503 g/mol. The Morgan fingerprint density at radius 3 is 1.41 bits per heavy atom. The van der Waals surface area contributed by atoms with Gasteiger partial charge in [0.2, 0.25) is 0 Å². The van der Waals surface area contributed by atoms with Gasteiger partial charge in [0.25, 0.3) is 0 Å². The molecule has 4 rings (SSSR count). The topological polar surface area (TPSA) is 74.6 Å². The van der Waals surface area contributed by atoms with Crippen LogP contribution in [0.5, 0.6) is 0 Å². The summed E-state index contributed by atoms with van der Waals surface area (Å²) in [6, 6.07) is 32.8. The predicted molar refractivity (Wildman–Crippen MR) is 162 cm³/mol. The van der Waals surface area contributed by atoms with Gasteiger partial charge in [-0.1, -0.05) is 67.4 Å². The van der Waals surface area contributed by atoms with Crippen LogP contribution < -0.4 is 15.9 Å². The Labute approximate surface area is 232 Å². The van der Waals surface area contributed by atoms with Gasteiger partial charge in [-0.15, -0.1) is 0 Å². The number of benzene rings is 3. The summed E-state index contributed by atoms with van der Waals surface area (Å²) >= 11 is 0. The van der Waals surface area contributed by atoms with Crippen molar-refractivity contribution in [3.8, 4) is 0 Å². The van der Waals surface area contributed by atoms with E-state index in [-0.39, 0.29) is 22.7 Å². The van der Waals surface area contributed by atoms with E-state index in [1.54, 1.807) is 6.92 Å². The van der Waals surface area contributed by atoms with Crippen LogP contribution in [-0.2, 0) is 9.59 Å². The van der Waals surface area contributed by atoms with Gasteiger partial charge in [0.15, 0.2) is 11.6 Å². The number of aliphatic hydroxyl groups excluding tert-OH is 2. The van der Waals surface area contributed by atoms with Gasteiger partial charge >= 0.3 is 0 Å². The molecule has 0 saturated carbocycles. The van der Waals surface area contributed by atoms with Gasteiger partial charge in [0.05, 0.1) is 19.4 Å². The van der Waals surface area contributed by atoms with Crippen molar-refractivity contribution in [1.82, 2.24) is 0 Å². The van der Waals surface area contributed by atoms with E-state index in [1.807, 2.05) is 0 Å². The molecule has 1 aliphatic rings. The zero-order valence-electron chi connectivity index (χ0n) is 22.7. The summed E-state index contributed by atoms with van der Waals surface area (Å²) in [5, 5.41) is 23.3. The molecule has 0 aromatic heterocycles. The van der Waals surface area contributed by atoms with E-state index in [4.69, 9.17) is 0 Å². The summed E-state index contributed by atoms with van der Waals surface area (Å²) in [5.74, 6) is -0.610. The number of carbonyl (C=O) groups excluding carboxylic acids is 2. The number of hydrogen-bond acceptors (Lipinski definition) is 4. The normalized spacial score (nSPS) is 14.3. The lowest BCUT2D eigenvalue weighted by Crippen LogP contribution is -2.33. The van der Waals surface area contributed by atoms with Gasteiger partial charge in [0.1, 0.15) is 23.2 Å². The second kappa shape index (κ2) is 13.8. The Kier molecular flexibility index (Phi) is 10.2. The molecule has 5 heteroatoms. The summed E-state index contributed by atoms with van der Waals surface area (Å²) in [5.41, 5.74) is 0.977. The Morgan fingerprint density at radius 1 is 0.538 bits per heavy atom. The average Bonchev–Trinajstić information content (AvgIpc) is 2.99. The van der Waals surface area contributed by atoms with Crippen molar-refractivity contribution in [3.63, 3.8) is 0 Å². The van der Waals surface area contributed by atoms with Crippen LogP contribution in [0, 0.1) is 0 Å². The van der Waals surface area contributed by atoms with Crippen molar-refractivity contribution in [1.29, 1.82) is 0 Å². The number of ketones is 2. The predicted octanol–water partition coefficient (Wildman–Crippen LogP) is 5.07. The molecule has 0 aliphatic heterocycles. The first-order valence-corrected chi connectivity index (χ1v) is 15.8. The number of allylic oxidation sites excluding steroid dienone is 2. The first-order chi connectivity index (χ1) is 19.0. The highest BCUT2D eigenvalue weighted by Crippen LogP contribution is 2.56. The Bertz CT molecular complexity index is 1230. The smallest absolute Gasteiger partial charge is 0.188 e. The van der Waals surface area contributed by atoms with E-state index < -0.39 is 20.5 Å². The highest BCUT2D eigenvalue weighted by atomic mass is 31.2. The summed E-state index contributed by atoms with van der Waals surface area (Å²) in [6.07, 6.45) is 6.65. The van der Waals surface area contributed by atoms with E-state index in [2.05, 4.69) is 91.0 Å². The van der Waals surface area contributed by atoms with E-state index in [0.717, 1.165) is 38.3 Å². The van der Waals surface area contributed by atoms with Gasteiger partial charge < -0.3 is 10.2 Å². The number of hydrogen-bond donors (Lipinski definition) is 2. The number of Topliss-reactive ketones (excluding diaryl/α,β-unsaturated/α-hetero) is 2. The Hall–Kier alpha value is -3.17. The maximum atomic E-state index is 12.8. The van der Waals surface area contributed by atoms with Crippen LogP contribution in [0.15, 0.2) is 113 Å². The van der Waals surface area contributed by atoms with Crippen LogP contribution in [0.2, 0.25) is 0 Å². The number of rotatable bonds is 13. The second-order valence-electron chi connectivity index (χ2n) is 10.1. The third-order valence-electron chi connectivity index (χ3n) is 7.81. The molecule has 0 fully saturated rings. The molecule has 0 atom stereocenters. The van der Waals surface area contributed by atoms with Crippen molar-refractivity contribution in [2.24, 2.45) is 0 Å². The molecule has 3 aromatic carbocycles. The zero-order chi connectivity index (χ0) is 27.7. The largest absolute Gasteiger partial charge is 0.392 e. The minimum Gasteiger partial charge on any atom is -0.392 e. The number of unbranched alkanes of at least 4 members (excludes halogenated alkanes) is 4. The molecular formula is C34H38O4P+. The second-order valence-corrected chi connectivity index (χ2v) is 13.7. The van der Waals surface area contributed by atoms with Crippen LogP contribution in [0.3, 0.4) is 0 Å². The molecule has 0 unspecified atom stereocenters. The number of aliphatic hydroxyl groups is 2. The van der Waals surface area contributed by atoms with Crippen molar-refractivity contribution >= 4 is 34.7 Å². The quantitative estimate of drug-likeness (QED) is 0.180. The van der Waals surface area contributed by atoms with E-state index in [9.17, 15) is 19.8 Å². The summed E-state index contributed by atoms with van der Waals surface area (Å²) < 4.78 is 0. The molecule has 2 N–H and O–H groups in total. The SMILES string of the molecule is CC1=C(CCCCCCC[P+](c2ccccc2)(c2ccccc2)c2ccccc2)C(=O)C(CO)=C(CO)C1=O. The van der Waals surface area contributed by atoms with Crippen molar-refractivity contribution in [2.45, 2.75) is 45.4 Å². The third kappa shape index (κ3) is 6.20. The molecule has 1 aliphatic carbocycles. The minimum absolute atomic E-state index is 0.0332. The van der Waals surface area contributed by atoms with Gasteiger partial charge in [0, 0.05) is 22.3 Å². The van der Waals surface area contributed by atoms with E-state index in [0.29, 0.717) is 17.6 Å². The number of carbonyl (C=O) groups is 2. The van der Waals surface area contributed by atoms with Crippen LogP contribution in [0.4, 0.5) is 0 Å². The third-order valence-corrected chi connectivity index (χ3v) is 12.3. The van der Waals surface area contributed by atoms with Crippen LogP contribution in [0.1, 0.15) is 45.4 Å². The van der Waals surface area contributed by atoms with Crippen LogP contribution in [-0.4, -0.2) is 41.2 Å². The fourth-order valence-electron chi connectivity index (χ4n) is 5.69. The Morgan fingerprint density at radius 2 is 0.949 bits per heavy atom. The summed E-state index contributed by atoms with van der Waals surface area (Å²) in [7, 11) is -1.81. The van der Waals surface area contributed by atoms with Crippen LogP contribution in [0.25, 0.3) is 0 Å². The zero-order valence-corrected chi connectivity index (χ0v) is 23.6. The first-order valence-electron chi connectivity index (χ1n) is 13.8. The lowest BCUT2D eigenvalue weighted by molar-refractivity contribution is -0.117. The molecule has 0 heterocycles. The average molecular weight is 542 g/mol. The molecule has 0 spiro atoms. The Balaban J connectivity index is 1.42. The van der Waals surface area contributed by atoms with Crippen molar-refractivity contribution in [3.05, 3.63) is 113 Å². The summed E-state index contributed by atoms with van der Waals surface area (Å²) in [4.78, 5) is 25.4. The van der Waals surface area contributed by atoms with Crippen molar-refractivity contribution < 1.29 is 19.8 Å². The summed E-state index contributed by atoms with van der Waals surface area (Å²) in [6.45, 7) is 0.607. The lowest BCUT2D eigenvalue weighted by Gasteiger charge is -2.27. The maximum absolute atomic E-state index is 12.8. The van der Waals surface area contributed by atoms with Gasteiger partial charge in [-0.25, -0.2) is 0 Å². The standard InChI is InChI=1S/C34H38O4P/c1-26-30(34(38)32(25-36)31(24-35)33(26)37)22-14-3-2-4-15-23-39(27-16-8-5-9-17-27,28-18-10-6-11-19-28)29-20-12-7-13-21-29/h5-13,16-21,35-36H,2-4,14-15,22-25H2,1H3/q+1. The van der Waals surface area contributed by atoms with Gasteiger partial charge in [-0.3, -0.25) is 9.59 Å². The molecule has 0 amide bonds. The minimum atomic E-state index is -1.81. The fraction of sp³-hybridized carbons (Fsp3) is 0.294. The fourth-order valence-corrected chi connectivity index (χ4v) is 10.1. The van der Waals surface area contributed by atoms with Crippen molar-refractivity contribution in [2.75, 3.05) is 19.4 Å². The highest BCUT2D eigenvalue weighted by Gasteiger charge is 2.44. The molecule has 4 nitrogen and oxygen atoms in total.